The van der Waals surface area contributed by atoms with E-state index >= 15 is 0 Å². The molecule has 0 aliphatic carbocycles. The van der Waals surface area contributed by atoms with Gasteiger partial charge in [0.2, 0.25) is 0 Å². The molecular weight excluding hydrogens is 236 g/mol. The van der Waals surface area contributed by atoms with E-state index in [-0.39, 0.29) is 5.78 Å². The highest BCUT2D eigenvalue weighted by Crippen LogP contribution is 2.21. The van der Waals surface area contributed by atoms with E-state index in [9.17, 15) is 4.79 Å². The van der Waals surface area contributed by atoms with Crippen molar-refractivity contribution >= 4 is 23.1 Å². The molecule has 1 heterocycles. The van der Waals surface area contributed by atoms with E-state index in [1.165, 1.54) is 0 Å². The predicted octanol–water partition coefficient (Wildman–Crippen LogP) is 2.86. The van der Waals surface area contributed by atoms with Crippen LogP contribution in [0.2, 0.25) is 5.02 Å². The van der Waals surface area contributed by atoms with Crippen molar-refractivity contribution in [3.05, 3.63) is 58.4 Å². The largest absolute Gasteiger partial charge is 0.398 e. The number of ketones is 1. The second kappa shape index (κ2) is 4.55. The van der Waals surface area contributed by atoms with Crippen LogP contribution in [0.25, 0.3) is 0 Å². The van der Waals surface area contributed by atoms with Crippen molar-refractivity contribution in [1.29, 1.82) is 0 Å². The van der Waals surface area contributed by atoms with Crippen LogP contribution in [-0.4, -0.2) is 10.8 Å². The van der Waals surface area contributed by atoms with Crippen LogP contribution < -0.4 is 5.73 Å². The molecule has 0 unspecified atom stereocenters. The van der Waals surface area contributed by atoms with Crippen molar-refractivity contribution in [1.82, 2.24) is 4.98 Å². The number of hydrogen-bond acceptors (Lipinski definition) is 3. The molecule has 2 aromatic rings. The Kier molecular flexibility index (Phi) is 3.11. The summed E-state index contributed by atoms with van der Waals surface area (Å²) in [6, 6.07) is 6.64. The number of pyridine rings is 1. The zero-order chi connectivity index (χ0) is 12.4. The van der Waals surface area contributed by atoms with Crippen molar-refractivity contribution < 1.29 is 4.79 Å². The number of hydrogen-bond donors (Lipinski definition) is 1. The van der Waals surface area contributed by atoms with Gasteiger partial charge in [0.05, 0.1) is 10.7 Å². The fourth-order valence-corrected chi connectivity index (χ4v) is 1.65. The zero-order valence-electron chi connectivity index (χ0n) is 9.27. The molecule has 0 atom stereocenters. The molecule has 17 heavy (non-hydrogen) atoms. The number of nitrogens with zero attached hydrogens (tertiary/aromatic N) is 1. The lowest BCUT2D eigenvalue weighted by atomic mass is 10.0. The third-order valence-corrected chi connectivity index (χ3v) is 2.74. The molecule has 0 aliphatic rings. The minimum atomic E-state index is -0.107. The summed E-state index contributed by atoms with van der Waals surface area (Å²) in [6.45, 7) is 1.89. The summed E-state index contributed by atoms with van der Waals surface area (Å²) in [5, 5.41) is 0.448. The van der Waals surface area contributed by atoms with E-state index in [0.717, 1.165) is 5.56 Å². The zero-order valence-corrected chi connectivity index (χ0v) is 10.0. The Balaban J connectivity index is 2.40. The van der Waals surface area contributed by atoms with E-state index in [1.54, 1.807) is 36.7 Å². The number of nitrogen functional groups attached to an aromatic ring is 1. The highest BCUT2D eigenvalue weighted by Gasteiger charge is 2.10. The first-order valence-electron chi connectivity index (χ1n) is 5.09. The Hall–Kier alpha value is -1.87. The first-order chi connectivity index (χ1) is 8.08. The van der Waals surface area contributed by atoms with Gasteiger partial charge in [-0.15, -0.1) is 0 Å². The Labute approximate surface area is 104 Å². The quantitative estimate of drug-likeness (QED) is 0.655. The minimum Gasteiger partial charge on any atom is -0.398 e. The van der Waals surface area contributed by atoms with Gasteiger partial charge in [-0.3, -0.25) is 9.78 Å². The van der Waals surface area contributed by atoms with E-state index in [0.29, 0.717) is 21.8 Å². The topological polar surface area (TPSA) is 56.0 Å². The number of aromatic nitrogens is 1. The van der Waals surface area contributed by atoms with Gasteiger partial charge < -0.3 is 5.73 Å². The Bertz CT molecular complexity index is 581. The van der Waals surface area contributed by atoms with Crippen LogP contribution in [0.1, 0.15) is 21.5 Å². The fraction of sp³-hybridized carbons (Fsp3) is 0.0769. The van der Waals surface area contributed by atoms with Crippen molar-refractivity contribution in [2.75, 3.05) is 5.73 Å². The molecule has 86 valence electrons. The monoisotopic (exact) mass is 246 g/mol. The van der Waals surface area contributed by atoms with Crippen LogP contribution in [-0.2, 0) is 0 Å². The lowest BCUT2D eigenvalue weighted by Crippen LogP contribution is -2.03. The lowest BCUT2D eigenvalue weighted by Gasteiger charge is -2.04. The van der Waals surface area contributed by atoms with E-state index < -0.39 is 0 Å². The van der Waals surface area contributed by atoms with E-state index in [2.05, 4.69) is 4.98 Å². The molecule has 1 aromatic carbocycles. The van der Waals surface area contributed by atoms with Gasteiger partial charge in [-0.2, -0.15) is 0 Å². The number of halogens is 1. The maximum atomic E-state index is 12.1. The Morgan fingerprint density at radius 3 is 2.65 bits per heavy atom. The van der Waals surface area contributed by atoms with Gasteiger partial charge in [0.15, 0.2) is 5.78 Å². The molecule has 4 heteroatoms. The first-order valence-corrected chi connectivity index (χ1v) is 5.47. The normalized spacial score (nSPS) is 10.2. The highest BCUT2D eigenvalue weighted by atomic mass is 35.5. The standard InChI is InChI=1S/C13H11ClN2O/c1-8-4-10(7-16-6-8)13(17)9-2-3-11(14)12(15)5-9/h2-7H,15H2,1H3. The molecular formula is C13H11ClN2O. The van der Waals surface area contributed by atoms with Gasteiger partial charge in [0.1, 0.15) is 0 Å². The third-order valence-electron chi connectivity index (χ3n) is 2.40. The summed E-state index contributed by atoms with van der Waals surface area (Å²) >= 11 is 5.81. The fourth-order valence-electron chi connectivity index (χ4n) is 1.53. The molecule has 0 amide bonds. The summed E-state index contributed by atoms with van der Waals surface area (Å²) in [5.41, 5.74) is 8.07. The molecule has 0 saturated heterocycles. The highest BCUT2D eigenvalue weighted by molar-refractivity contribution is 6.33. The van der Waals surface area contributed by atoms with Gasteiger partial charge in [0, 0.05) is 23.5 Å². The molecule has 0 bridgehead atoms. The summed E-state index contributed by atoms with van der Waals surface area (Å²) < 4.78 is 0. The van der Waals surface area contributed by atoms with Crippen LogP contribution in [0, 0.1) is 6.92 Å². The second-order valence-electron chi connectivity index (χ2n) is 3.82. The summed E-state index contributed by atoms with van der Waals surface area (Å²) in [4.78, 5) is 16.1. The lowest BCUT2D eigenvalue weighted by molar-refractivity contribution is 0.103. The smallest absolute Gasteiger partial charge is 0.194 e. The number of rotatable bonds is 2. The molecule has 0 fully saturated rings. The molecule has 2 N–H and O–H groups in total. The van der Waals surface area contributed by atoms with Crippen LogP contribution in [0.3, 0.4) is 0 Å². The van der Waals surface area contributed by atoms with Crippen LogP contribution in [0.15, 0.2) is 36.7 Å². The number of aryl methyl sites for hydroxylation is 1. The maximum Gasteiger partial charge on any atom is 0.194 e. The Morgan fingerprint density at radius 2 is 2.00 bits per heavy atom. The Morgan fingerprint density at radius 1 is 1.24 bits per heavy atom. The van der Waals surface area contributed by atoms with Crippen LogP contribution >= 0.6 is 11.6 Å². The third kappa shape index (κ3) is 2.45. The van der Waals surface area contributed by atoms with E-state index in [4.69, 9.17) is 17.3 Å². The number of benzene rings is 1. The van der Waals surface area contributed by atoms with Crippen molar-refractivity contribution in [2.45, 2.75) is 6.92 Å². The summed E-state index contributed by atoms with van der Waals surface area (Å²) in [7, 11) is 0. The minimum absolute atomic E-state index is 0.107. The van der Waals surface area contributed by atoms with Gasteiger partial charge in [-0.1, -0.05) is 11.6 Å². The molecule has 2 rings (SSSR count). The summed E-state index contributed by atoms with van der Waals surface area (Å²) in [6.07, 6.45) is 3.24. The molecule has 0 spiro atoms. The number of carbonyl (C=O) groups excluding carboxylic acids is 1. The molecule has 0 radical (unpaired) electrons. The van der Waals surface area contributed by atoms with Gasteiger partial charge in [-0.05, 0) is 36.8 Å². The van der Waals surface area contributed by atoms with Crippen molar-refractivity contribution in [3.63, 3.8) is 0 Å². The molecule has 0 saturated carbocycles. The molecule has 1 aromatic heterocycles. The van der Waals surface area contributed by atoms with Gasteiger partial charge in [-0.25, -0.2) is 0 Å². The van der Waals surface area contributed by atoms with E-state index in [1.807, 2.05) is 6.92 Å². The first kappa shape index (κ1) is 11.6. The number of anilines is 1. The van der Waals surface area contributed by atoms with Crippen LogP contribution in [0.4, 0.5) is 5.69 Å². The second-order valence-corrected chi connectivity index (χ2v) is 4.22. The average molecular weight is 247 g/mol. The number of nitrogens with two attached hydrogens (primary N) is 1. The van der Waals surface area contributed by atoms with Crippen molar-refractivity contribution in [2.24, 2.45) is 0 Å². The van der Waals surface area contributed by atoms with Crippen LogP contribution in [0.5, 0.6) is 0 Å². The SMILES string of the molecule is Cc1cncc(C(=O)c2ccc(Cl)c(N)c2)c1. The maximum absolute atomic E-state index is 12.1. The predicted molar refractivity (Wildman–Crippen MR) is 68.3 cm³/mol. The molecule has 0 aliphatic heterocycles. The van der Waals surface area contributed by atoms with Gasteiger partial charge in [0.25, 0.3) is 0 Å². The molecule has 3 nitrogen and oxygen atoms in total. The number of carbonyl (C=O) groups is 1. The average Bonchev–Trinajstić information content (AvgIpc) is 2.32. The summed E-state index contributed by atoms with van der Waals surface area (Å²) in [5.74, 6) is -0.107. The van der Waals surface area contributed by atoms with Crippen molar-refractivity contribution in [3.8, 4) is 0 Å². The van der Waals surface area contributed by atoms with Gasteiger partial charge >= 0.3 is 0 Å².